The van der Waals surface area contributed by atoms with Gasteiger partial charge < -0.3 is 33.7 Å². The molecule has 0 bridgehead atoms. The molecule has 1 N–H and O–H groups in total. The number of halogens is 3. The van der Waals surface area contributed by atoms with E-state index in [1.807, 2.05) is 5.32 Å². The Kier molecular flexibility index (Phi) is 8.18. The molecule has 0 spiro atoms. The minimum Gasteiger partial charge on any atom is -0.493 e. The number of benzene rings is 2. The number of amides is 1. The van der Waals surface area contributed by atoms with Gasteiger partial charge in [-0.05, 0) is 29.7 Å². The van der Waals surface area contributed by atoms with E-state index in [1.165, 1.54) is 28.4 Å². The van der Waals surface area contributed by atoms with Crippen molar-refractivity contribution in [2.75, 3.05) is 41.8 Å². The summed E-state index contributed by atoms with van der Waals surface area (Å²) in [4.78, 5) is 23.8. The summed E-state index contributed by atoms with van der Waals surface area (Å²) in [5.41, 5.74) is 1.48. The van der Waals surface area contributed by atoms with Gasteiger partial charge in [-0.25, -0.2) is 4.79 Å². The van der Waals surface area contributed by atoms with Crippen molar-refractivity contribution >= 4 is 24.0 Å². The summed E-state index contributed by atoms with van der Waals surface area (Å²) < 4.78 is 69.7. The first-order valence-corrected chi connectivity index (χ1v) is 10.5. The van der Waals surface area contributed by atoms with E-state index in [2.05, 4.69) is 0 Å². The summed E-state index contributed by atoms with van der Waals surface area (Å²) in [7, 11) is 5.44. The van der Waals surface area contributed by atoms with Gasteiger partial charge in [0, 0.05) is 12.1 Å². The first-order valence-electron chi connectivity index (χ1n) is 10.5. The van der Waals surface area contributed by atoms with Gasteiger partial charge in [0.25, 0.3) is 0 Å². The van der Waals surface area contributed by atoms with Crippen LogP contribution in [-0.4, -0.2) is 59.8 Å². The molecule has 0 saturated heterocycles. The van der Waals surface area contributed by atoms with Crippen LogP contribution in [0.1, 0.15) is 27.0 Å². The zero-order valence-corrected chi connectivity index (χ0v) is 19.9. The molecule has 0 aromatic heterocycles. The van der Waals surface area contributed by atoms with Gasteiger partial charge >= 0.3 is 18.1 Å². The Balaban J connectivity index is 2.06. The molecule has 0 atom stereocenters. The molecular formula is C24H24F3NO8. The molecular weight excluding hydrogens is 487 g/mol. The summed E-state index contributed by atoms with van der Waals surface area (Å²) in [6.07, 6.45) is -1.78. The molecule has 36 heavy (non-hydrogen) atoms. The maximum absolute atomic E-state index is 12.6. The van der Waals surface area contributed by atoms with Gasteiger partial charge in [-0.3, -0.25) is 4.79 Å². The van der Waals surface area contributed by atoms with Gasteiger partial charge in [-0.15, -0.1) is 0 Å². The monoisotopic (exact) mass is 511 g/mol. The minimum absolute atomic E-state index is 0.0181. The Bertz CT molecular complexity index is 1180. The lowest BCUT2D eigenvalue weighted by Gasteiger charge is -2.16. The van der Waals surface area contributed by atoms with E-state index in [0.29, 0.717) is 33.9 Å². The molecule has 12 heteroatoms. The second-order valence-corrected chi connectivity index (χ2v) is 7.31. The van der Waals surface area contributed by atoms with E-state index in [0.717, 1.165) is 0 Å². The standard InChI is InChI=1S/C24H24F3NO8/c1-31-16-8-6-13(18(20(16)33-3)22(29)34-4)5-7-15-14(9-10-28-23(30)24(25,26)27)11-17-21(19(15)32-2)36-12-35-17/h5-8,11H,9-10,12H2,1-4H3,(H,28,30)/b7-5+. The van der Waals surface area contributed by atoms with E-state index in [-0.39, 0.29) is 36.8 Å². The Morgan fingerprint density at radius 1 is 1.03 bits per heavy atom. The highest BCUT2D eigenvalue weighted by molar-refractivity contribution is 5.99. The second kappa shape index (κ2) is 11.1. The number of ether oxygens (including phenoxy) is 6. The number of methoxy groups -OCH3 is 4. The van der Waals surface area contributed by atoms with Crippen molar-refractivity contribution in [3.63, 3.8) is 0 Å². The summed E-state index contributed by atoms with van der Waals surface area (Å²) >= 11 is 0. The number of carbonyl (C=O) groups is 2. The van der Waals surface area contributed by atoms with Crippen molar-refractivity contribution in [1.29, 1.82) is 0 Å². The summed E-state index contributed by atoms with van der Waals surface area (Å²) in [5, 5.41) is 1.84. The van der Waals surface area contributed by atoms with Crippen LogP contribution in [0.25, 0.3) is 12.2 Å². The van der Waals surface area contributed by atoms with Crippen LogP contribution in [-0.2, 0) is 16.0 Å². The number of hydrogen-bond acceptors (Lipinski definition) is 8. The fourth-order valence-corrected chi connectivity index (χ4v) is 3.65. The van der Waals surface area contributed by atoms with Gasteiger partial charge in [-0.2, -0.15) is 13.2 Å². The van der Waals surface area contributed by atoms with E-state index < -0.39 is 18.1 Å². The molecule has 0 aliphatic carbocycles. The topological polar surface area (TPSA) is 102 Å². The second-order valence-electron chi connectivity index (χ2n) is 7.31. The lowest BCUT2D eigenvalue weighted by atomic mass is 9.99. The van der Waals surface area contributed by atoms with Crippen LogP contribution in [0.4, 0.5) is 13.2 Å². The number of alkyl halides is 3. The molecule has 2 aromatic carbocycles. The zero-order valence-electron chi connectivity index (χ0n) is 19.9. The predicted octanol–water partition coefficient (Wildman–Crippen LogP) is 3.62. The van der Waals surface area contributed by atoms with Gasteiger partial charge in [0.15, 0.2) is 23.0 Å². The molecule has 1 amide bonds. The Hall–Kier alpha value is -4.09. The molecule has 0 unspecified atom stereocenters. The van der Waals surface area contributed by atoms with Crippen molar-refractivity contribution in [3.05, 3.63) is 40.5 Å². The van der Waals surface area contributed by atoms with E-state index in [4.69, 9.17) is 28.4 Å². The highest BCUT2D eigenvalue weighted by atomic mass is 19.4. The van der Waals surface area contributed by atoms with Crippen LogP contribution in [0.5, 0.6) is 28.7 Å². The molecule has 0 radical (unpaired) electrons. The number of hydrogen-bond donors (Lipinski definition) is 1. The Morgan fingerprint density at radius 3 is 2.36 bits per heavy atom. The number of rotatable bonds is 9. The molecule has 2 aromatic rings. The normalized spacial score (nSPS) is 12.4. The third kappa shape index (κ3) is 5.42. The van der Waals surface area contributed by atoms with Gasteiger partial charge in [0.1, 0.15) is 5.56 Å². The predicted molar refractivity (Wildman–Crippen MR) is 122 cm³/mol. The minimum atomic E-state index is -4.99. The molecule has 0 fully saturated rings. The van der Waals surface area contributed by atoms with Gasteiger partial charge in [0.2, 0.25) is 12.5 Å². The molecule has 1 aliphatic heterocycles. The first kappa shape index (κ1) is 26.5. The third-order valence-electron chi connectivity index (χ3n) is 5.28. The average molecular weight is 511 g/mol. The van der Waals surface area contributed by atoms with Crippen LogP contribution >= 0.6 is 0 Å². The van der Waals surface area contributed by atoms with E-state index in [9.17, 15) is 22.8 Å². The summed E-state index contributed by atoms with van der Waals surface area (Å²) in [6, 6.07) is 4.82. The SMILES string of the molecule is COC(=O)c1c(/C=C/c2c(CCNC(=O)C(F)(F)F)cc3c(c2OC)OCO3)ccc(OC)c1OC. The summed E-state index contributed by atoms with van der Waals surface area (Å²) in [6.45, 7) is -0.364. The Morgan fingerprint density at radius 2 is 1.75 bits per heavy atom. The number of nitrogens with one attached hydrogen (secondary N) is 1. The average Bonchev–Trinajstić information content (AvgIpc) is 3.33. The van der Waals surface area contributed by atoms with Crippen LogP contribution < -0.4 is 29.0 Å². The lowest BCUT2D eigenvalue weighted by molar-refractivity contribution is -0.173. The van der Waals surface area contributed by atoms with Crippen molar-refractivity contribution in [3.8, 4) is 28.7 Å². The van der Waals surface area contributed by atoms with E-state index in [1.54, 1.807) is 30.4 Å². The third-order valence-corrected chi connectivity index (χ3v) is 5.28. The lowest BCUT2D eigenvalue weighted by Crippen LogP contribution is -2.37. The van der Waals surface area contributed by atoms with E-state index >= 15 is 0 Å². The van der Waals surface area contributed by atoms with Gasteiger partial charge in [0.05, 0.1) is 28.4 Å². The van der Waals surface area contributed by atoms with Crippen molar-refractivity contribution in [2.24, 2.45) is 0 Å². The van der Waals surface area contributed by atoms with Crippen molar-refractivity contribution in [2.45, 2.75) is 12.6 Å². The number of carbonyl (C=O) groups excluding carboxylic acids is 2. The smallest absolute Gasteiger partial charge is 0.471 e. The maximum Gasteiger partial charge on any atom is 0.471 e. The largest absolute Gasteiger partial charge is 0.493 e. The zero-order chi connectivity index (χ0) is 26.5. The number of fused-ring (bicyclic) bond motifs is 1. The molecule has 1 heterocycles. The quantitative estimate of drug-likeness (QED) is 0.403. The summed E-state index contributed by atoms with van der Waals surface area (Å²) in [5.74, 6) is -1.28. The van der Waals surface area contributed by atoms with Crippen molar-refractivity contribution in [1.82, 2.24) is 5.32 Å². The molecule has 194 valence electrons. The molecule has 9 nitrogen and oxygen atoms in total. The highest BCUT2D eigenvalue weighted by Crippen LogP contribution is 2.46. The fourth-order valence-electron chi connectivity index (χ4n) is 3.65. The number of esters is 1. The van der Waals surface area contributed by atoms with Crippen LogP contribution in [0, 0.1) is 0 Å². The molecule has 1 aliphatic rings. The highest BCUT2D eigenvalue weighted by Gasteiger charge is 2.38. The first-order chi connectivity index (χ1) is 17.2. The van der Waals surface area contributed by atoms with Crippen molar-refractivity contribution < 1.29 is 51.2 Å². The van der Waals surface area contributed by atoms with Crippen LogP contribution in [0.3, 0.4) is 0 Å². The van der Waals surface area contributed by atoms with Crippen LogP contribution in [0.15, 0.2) is 18.2 Å². The molecule has 0 saturated carbocycles. The fraction of sp³-hybridized carbons (Fsp3) is 0.333. The Labute approximate surface area is 204 Å². The maximum atomic E-state index is 12.6. The molecule has 3 rings (SSSR count). The van der Waals surface area contributed by atoms with Gasteiger partial charge in [-0.1, -0.05) is 18.2 Å². The van der Waals surface area contributed by atoms with Crippen LogP contribution in [0.2, 0.25) is 0 Å².